The van der Waals surface area contributed by atoms with E-state index in [4.69, 9.17) is 14.5 Å². The first-order valence-corrected chi connectivity index (χ1v) is 10.7. The highest BCUT2D eigenvalue weighted by Crippen LogP contribution is 2.36. The molecule has 2 aromatic rings. The van der Waals surface area contributed by atoms with Crippen LogP contribution < -0.4 is 15.4 Å². The van der Waals surface area contributed by atoms with E-state index < -0.39 is 5.54 Å². The Balaban J connectivity index is 1.56. The molecule has 2 aliphatic heterocycles. The van der Waals surface area contributed by atoms with Gasteiger partial charge in [0.15, 0.2) is 0 Å². The van der Waals surface area contributed by atoms with Crippen molar-refractivity contribution in [1.82, 2.24) is 4.90 Å². The molecule has 0 radical (unpaired) electrons. The molecule has 0 saturated carbocycles. The van der Waals surface area contributed by atoms with Gasteiger partial charge in [0, 0.05) is 13.7 Å². The molecule has 1 amide bonds. The molecule has 1 saturated heterocycles. The molecule has 7 nitrogen and oxygen atoms in total. The van der Waals surface area contributed by atoms with Gasteiger partial charge in [0.1, 0.15) is 17.1 Å². The van der Waals surface area contributed by atoms with Crippen LogP contribution in [0.3, 0.4) is 0 Å². The average molecular weight is 423 g/mol. The summed E-state index contributed by atoms with van der Waals surface area (Å²) in [5.74, 6) is 1.76. The highest BCUT2D eigenvalue weighted by atomic mass is 16.5. The van der Waals surface area contributed by atoms with Gasteiger partial charge in [-0.2, -0.15) is 0 Å². The molecule has 0 unspecified atom stereocenters. The lowest BCUT2D eigenvalue weighted by Gasteiger charge is -2.47. The maximum Gasteiger partial charge on any atom is 0.227 e. The molecule has 1 atom stereocenters. The number of fused-ring (bicyclic) bond motifs is 1. The van der Waals surface area contributed by atoms with Crippen molar-refractivity contribution in [2.75, 3.05) is 51.1 Å². The third-order valence-electron chi connectivity index (χ3n) is 5.91. The normalized spacial score (nSPS) is 21.4. The summed E-state index contributed by atoms with van der Waals surface area (Å²) in [6.07, 6.45) is 2.17. The topological polar surface area (TPSA) is 75.2 Å². The van der Waals surface area contributed by atoms with Gasteiger partial charge >= 0.3 is 0 Å². The minimum Gasteiger partial charge on any atom is -0.497 e. The van der Waals surface area contributed by atoms with Gasteiger partial charge in [-0.3, -0.25) is 9.79 Å². The number of nitrogens with one attached hydrogen (secondary N) is 2. The van der Waals surface area contributed by atoms with Crippen LogP contribution in [0.1, 0.15) is 18.4 Å². The molecule has 7 heteroatoms. The molecule has 2 N–H and O–H groups in total. The average Bonchev–Trinajstić information content (AvgIpc) is 2.80. The molecule has 164 valence electrons. The van der Waals surface area contributed by atoms with Crippen LogP contribution in [-0.4, -0.2) is 62.6 Å². The second-order valence-corrected chi connectivity index (χ2v) is 8.05. The van der Waals surface area contributed by atoms with Gasteiger partial charge in [-0.1, -0.05) is 24.3 Å². The van der Waals surface area contributed by atoms with E-state index >= 15 is 0 Å². The molecule has 2 heterocycles. The fourth-order valence-electron chi connectivity index (χ4n) is 4.34. The number of amidine groups is 1. The Bertz CT molecular complexity index is 961. The number of piperidine rings is 1. The van der Waals surface area contributed by atoms with Crippen LogP contribution in [0.5, 0.6) is 5.75 Å². The van der Waals surface area contributed by atoms with Gasteiger partial charge in [0.2, 0.25) is 5.91 Å². The highest BCUT2D eigenvalue weighted by Gasteiger charge is 2.44. The maximum atomic E-state index is 13.2. The molecular formula is C24H30N4O3. The predicted molar refractivity (Wildman–Crippen MR) is 123 cm³/mol. The number of hydrogen-bond acceptors (Lipinski definition) is 5. The van der Waals surface area contributed by atoms with Gasteiger partial charge in [0.25, 0.3) is 0 Å². The Morgan fingerprint density at radius 1 is 1.16 bits per heavy atom. The Hall–Kier alpha value is -3.06. The van der Waals surface area contributed by atoms with E-state index in [2.05, 4.69) is 16.7 Å². The van der Waals surface area contributed by atoms with Crippen molar-refractivity contribution in [3.8, 4) is 5.75 Å². The van der Waals surface area contributed by atoms with E-state index in [1.807, 2.05) is 47.4 Å². The summed E-state index contributed by atoms with van der Waals surface area (Å²) in [4.78, 5) is 20.0. The number of carbonyl (C=O) groups excluding carboxylic acids is 1. The zero-order chi connectivity index (χ0) is 21.7. The standard InChI is InChI=1S/C24H30N4O3/c1-30-14-12-25-23-24(27-21-10-4-3-9-20(21)26-23)11-6-13-28(17-24)22(29)16-18-7-5-8-19(15-18)31-2/h3-5,7-10,15,27H,6,11-14,16-17H2,1-2H3,(H,25,26)/t24-/m0/s1. The quantitative estimate of drug-likeness (QED) is 0.700. The van der Waals surface area contributed by atoms with Gasteiger partial charge in [-0.25, -0.2) is 0 Å². The number of aliphatic imine (C=N–C) groups is 1. The van der Waals surface area contributed by atoms with Crippen molar-refractivity contribution in [2.45, 2.75) is 24.8 Å². The summed E-state index contributed by atoms with van der Waals surface area (Å²) in [5.41, 5.74) is 2.57. The number of hydrogen-bond donors (Lipinski definition) is 2. The number of methoxy groups -OCH3 is 2. The van der Waals surface area contributed by atoms with Crippen molar-refractivity contribution >= 4 is 23.1 Å². The lowest BCUT2D eigenvalue weighted by molar-refractivity contribution is -0.131. The number of amides is 1. The van der Waals surface area contributed by atoms with Gasteiger partial charge in [-0.05, 0) is 42.7 Å². The summed E-state index contributed by atoms with van der Waals surface area (Å²) < 4.78 is 10.5. The molecule has 0 aromatic heterocycles. The van der Waals surface area contributed by atoms with E-state index in [-0.39, 0.29) is 5.91 Å². The zero-order valence-corrected chi connectivity index (χ0v) is 18.2. The summed E-state index contributed by atoms with van der Waals surface area (Å²) >= 11 is 0. The van der Waals surface area contributed by atoms with E-state index in [9.17, 15) is 4.79 Å². The maximum absolute atomic E-state index is 13.2. The first-order chi connectivity index (χ1) is 15.1. The summed E-state index contributed by atoms with van der Waals surface area (Å²) in [6.45, 7) is 2.45. The Kier molecular flexibility index (Phi) is 6.42. The van der Waals surface area contributed by atoms with Crippen LogP contribution in [0.4, 0.5) is 11.4 Å². The highest BCUT2D eigenvalue weighted by molar-refractivity contribution is 6.10. The third kappa shape index (κ3) is 4.66. The lowest BCUT2D eigenvalue weighted by Crippen LogP contribution is -2.62. The van der Waals surface area contributed by atoms with E-state index in [1.165, 1.54) is 0 Å². The number of carbonyl (C=O) groups is 1. The largest absolute Gasteiger partial charge is 0.497 e. The number of likely N-dealkylation sites (tertiary alicyclic amines) is 1. The van der Waals surface area contributed by atoms with Gasteiger partial charge in [0.05, 0.1) is 44.6 Å². The molecule has 2 aromatic carbocycles. The van der Waals surface area contributed by atoms with Crippen molar-refractivity contribution in [2.24, 2.45) is 4.99 Å². The summed E-state index contributed by atoms with van der Waals surface area (Å²) in [5, 5.41) is 7.23. The molecule has 1 spiro atoms. The number of ether oxygens (including phenoxy) is 2. The number of para-hydroxylation sites is 2. The van der Waals surface area contributed by atoms with Crippen molar-refractivity contribution in [1.29, 1.82) is 0 Å². The van der Waals surface area contributed by atoms with Crippen molar-refractivity contribution in [3.63, 3.8) is 0 Å². The molecule has 31 heavy (non-hydrogen) atoms. The fraction of sp³-hybridized carbons (Fsp3) is 0.417. The second kappa shape index (κ2) is 9.39. The number of rotatable bonds is 6. The summed E-state index contributed by atoms with van der Waals surface area (Å²) in [6, 6.07) is 15.8. The smallest absolute Gasteiger partial charge is 0.227 e. The van der Waals surface area contributed by atoms with Gasteiger partial charge < -0.3 is 25.0 Å². The van der Waals surface area contributed by atoms with Crippen LogP contribution in [0, 0.1) is 0 Å². The molecule has 1 fully saturated rings. The Labute approximate surface area is 183 Å². The van der Waals surface area contributed by atoms with E-state index in [0.29, 0.717) is 26.1 Å². The van der Waals surface area contributed by atoms with Gasteiger partial charge in [-0.15, -0.1) is 0 Å². The van der Waals surface area contributed by atoms with Crippen molar-refractivity contribution < 1.29 is 14.3 Å². The Morgan fingerprint density at radius 3 is 2.81 bits per heavy atom. The molecule has 0 bridgehead atoms. The number of nitrogens with zero attached hydrogens (tertiary/aromatic N) is 2. The van der Waals surface area contributed by atoms with Crippen LogP contribution in [0.25, 0.3) is 0 Å². The number of anilines is 2. The zero-order valence-electron chi connectivity index (χ0n) is 18.2. The van der Waals surface area contributed by atoms with Crippen LogP contribution in [0.2, 0.25) is 0 Å². The minimum atomic E-state index is -0.426. The number of benzene rings is 2. The van der Waals surface area contributed by atoms with E-state index in [1.54, 1.807) is 14.2 Å². The summed E-state index contributed by atoms with van der Waals surface area (Å²) in [7, 11) is 3.32. The molecule has 4 rings (SSSR count). The minimum absolute atomic E-state index is 0.115. The molecule has 2 aliphatic rings. The van der Waals surface area contributed by atoms with Crippen LogP contribution >= 0.6 is 0 Å². The van der Waals surface area contributed by atoms with Crippen LogP contribution in [0.15, 0.2) is 53.5 Å². The lowest BCUT2D eigenvalue weighted by atomic mass is 9.85. The van der Waals surface area contributed by atoms with Crippen molar-refractivity contribution in [3.05, 3.63) is 54.1 Å². The predicted octanol–water partition coefficient (Wildman–Crippen LogP) is 3.18. The van der Waals surface area contributed by atoms with E-state index in [0.717, 1.165) is 47.9 Å². The first-order valence-electron chi connectivity index (χ1n) is 10.7. The molecule has 0 aliphatic carbocycles. The SMILES string of the molecule is COCCN=C1Nc2ccccc2N[C@]12CCCN(C(=O)Cc1cccc(OC)c1)C2. The first kappa shape index (κ1) is 21.2. The third-order valence-corrected chi connectivity index (χ3v) is 5.91. The monoisotopic (exact) mass is 422 g/mol. The second-order valence-electron chi connectivity index (χ2n) is 8.05. The fourth-order valence-corrected chi connectivity index (χ4v) is 4.34. The van der Waals surface area contributed by atoms with Crippen LogP contribution in [-0.2, 0) is 16.0 Å². The molecular weight excluding hydrogens is 392 g/mol. The Morgan fingerprint density at radius 2 is 2.00 bits per heavy atom.